The number of rotatable bonds is 2. The Labute approximate surface area is 186 Å². The van der Waals surface area contributed by atoms with Crippen LogP contribution >= 0.6 is 0 Å². The van der Waals surface area contributed by atoms with Gasteiger partial charge in [-0.3, -0.25) is 14.6 Å². The van der Waals surface area contributed by atoms with E-state index < -0.39 is 18.0 Å². The standard InChI is InChI=1S/C20H20FN3O2.C2HF3O2/c21-17-4-2-1-3-15(17)19(26)24-11-7-20(8-12-24)16(13-18(25)23-20)14-5-9-22-10-6-14;3-2(4,5)1(6)7/h1-6,9-10,16H,7-8,11-13H2,(H,23,25);(H,6,7). The number of nitrogens with one attached hydrogen (secondary N) is 1. The molecule has 2 aliphatic heterocycles. The van der Waals surface area contributed by atoms with E-state index in [9.17, 15) is 27.2 Å². The molecule has 1 unspecified atom stereocenters. The first-order valence-electron chi connectivity index (χ1n) is 10.1. The topological polar surface area (TPSA) is 99.6 Å². The number of likely N-dealkylation sites (tertiary alicyclic amines) is 1. The number of hydrogen-bond donors (Lipinski definition) is 2. The van der Waals surface area contributed by atoms with E-state index in [1.54, 1.807) is 29.4 Å². The largest absolute Gasteiger partial charge is 0.490 e. The van der Waals surface area contributed by atoms with Gasteiger partial charge in [0, 0.05) is 37.8 Å². The van der Waals surface area contributed by atoms with Crippen LogP contribution in [0.1, 0.15) is 41.1 Å². The summed E-state index contributed by atoms with van der Waals surface area (Å²) >= 11 is 0. The van der Waals surface area contributed by atoms with Crippen LogP contribution in [0.2, 0.25) is 0 Å². The summed E-state index contributed by atoms with van der Waals surface area (Å²) in [5.41, 5.74) is 0.849. The molecule has 33 heavy (non-hydrogen) atoms. The molecule has 0 saturated carbocycles. The quantitative estimate of drug-likeness (QED) is 0.662. The number of pyridine rings is 1. The molecule has 0 radical (unpaired) electrons. The van der Waals surface area contributed by atoms with Gasteiger partial charge in [-0.1, -0.05) is 12.1 Å². The summed E-state index contributed by atoms with van der Waals surface area (Å²) in [6, 6.07) is 9.95. The van der Waals surface area contributed by atoms with Gasteiger partial charge in [-0.2, -0.15) is 13.2 Å². The number of carboxylic acids is 1. The molecular formula is C22H21F4N3O4. The maximum Gasteiger partial charge on any atom is 0.490 e. The molecule has 1 aromatic carbocycles. The Hall–Kier alpha value is -3.50. The van der Waals surface area contributed by atoms with E-state index in [0.717, 1.165) is 5.56 Å². The smallest absolute Gasteiger partial charge is 0.475 e. The second-order valence-corrected chi connectivity index (χ2v) is 7.82. The van der Waals surface area contributed by atoms with Crippen LogP contribution in [-0.2, 0) is 9.59 Å². The zero-order valence-corrected chi connectivity index (χ0v) is 17.3. The van der Waals surface area contributed by atoms with Crippen molar-refractivity contribution in [3.8, 4) is 0 Å². The van der Waals surface area contributed by atoms with E-state index in [1.807, 2.05) is 12.1 Å². The van der Waals surface area contributed by atoms with Gasteiger partial charge in [0.15, 0.2) is 0 Å². The first-order valence-corrected chi connectivity index (χ1v) is 10.1. The zero-order chi connectivity index (χ0) is 24.2. The van der Waals surface area contributed by atoms with Crippen molar-refractivity contribution in [1.29, 1.82) is 0 Å². The van der Waals surface area contributed by atoms with Gasteiger partial charge in [0.25, 0.3) is 5.91 Å². The number of aromatic nitrogens is 1. The fourth-order valence-electron chi connectivity index (χ4n) is 4.22. The fraction of sp³-hybridized carbons (Fsp3) is 0.364. The van der Waals surface area contributed by atoms with Crippen LogP contribution in [0, 0.1) is 5.82 Å². The molecule has 0 bridgehead atoms. The third-order valence-electron chi connectivity index (χ3n) is 5.84. The second-order valence-electron chi connectivity index (χ2n) is 7.82. The maximum atomic E-state index is 13.9. The molecule has 4 rings (SSSR count). The summed E-state index contributed by atoms with van der Waals surface area (Å²) in [6.45, 7) is 0.990. The van der Waals surface area contributed by atoms with Crippen molar-refractivity contribution < 1.29 is 37.1 Å². The van der Waals surface area contributed by atoms with Gasteiger partial charge < -0.3 is 15.3 Å². The van der Waals surface area contributed by atoms with Gasteiger partial charge in [0.2, 0.25) is 5.91 Å². The lowest BCUT2D eigenvalue weighted by Crippen LogP contribution is -2.54. The number of piperidine rings is 1. The predicted octanol–water partition coefficient (Wildman–Crippen LogP) is 3.13. The molecule has 2 N–H and O–H groups in total. The summed E-state index contributed by atoms with van der Waals surface area (Å²) < 4.78 is 45.6. The summed E-state index contributed by atoms with van der Waals surface area (Å²) in [4.78, 5) is 39.4. The molecule has 7 nitrogen and oxygen atoms in total. The van der Waals surface area contributed by atoms with Crippen molar-refractivity contribution in [3.63, 3.8) is 0 Å². The van der Waals surface area contributed by atoms with Gasteiger partial charge in [-0.05, 0) is 42.7 Å². The van der Waals surface area contributed by atoms with Crippen LogP contribution in [0.25, 0.3) is 0 Å². The monoisotopic (exact) mass is 467 g/mol. The van der Waals surface area contributed by atoms with Crippen molar-refractivity contribution in [1.82, 2.24) is 15.2 Å². The normalized spacial score (nSPS) is 19.5. The van der Waals surface area contributed by atoms with Crippen molar-refractivity contribution in [2.24, 2.45) is 0 Å². The van der Waals surface area contributed by atoms with Crippen molar-refractivity contribution in [3.05, 3.63) is 65.7 Å². The highest BCUT2D eigenvalue weighted by molar-refractivity contribution is 5.94. The summed E-state index contributed by atoms with van der Waals surface area (Å²) in [6.07, 6.45) is 0.161. The van der Waals surface area contributed by atoms with Crippen LogP contribution < -0.4 is 5.32 Å². The van der Waals surface area contributed by atoms with E-state index in [1.165, 1.54) is 12.1 Å². The number of aliphatic carboxylic acids is 1. The lowest BCUT2D eigenvalue weighted by Gasteiger charge is -2.43. The van der Waals surface area contributed by atoms with E-state index in [-0.39, 0.29) is 28.8 Å². The summed E-state index contributed by atoms with van der Waals surface area (Å²) in [7, 11) is 0. The molecule has 2 saturated heterocycles. The SMILES string of the molecule is O=C(O)C(F)(F)F.O=C1CC(c2ccncc2)C2(CCN(C(=O)c3ccccc3F)CC2)N1. The van der Waals surface area contributed by atoms with Gasteiger partial charge in [-0.15, -0.1) is 0 Å². The maximum absolute atomic E-state index is 13.9. The molecule has 1 atom stereocenters. The first-order chi connectivity index (χ1) is 15.5. The van der Waals surface area contributed by atoms with Gasteiger partial charge in [0.1, 0.15) is 5.82 Å². The Morgan fingerprint density at radius 3 is 2.21 bits per heavy atom. The lowest BCUT2D eigenvalue weighted by molar-refractivity contribution is -0.192. The number of benzene rings is 1. The van der Waals surface area contributed by atoms with E-state index in [0.29, 0.717) is 32.4 Å². The minimum atomic E-state index is -5.08. The molecular weight excluding hydrogens is 446 g/mol. The highest BCUT2D eigenvalue weighted by Gasteiger charge is 2.49. The number of alkyl halides is 3. The Bertz CT molecular complexity index is 1020. The lowest BCUT2D eigenvalue weighted by atomic mass is 9.74. The molecule has 2 aromatic rings. The average molecular weight is 467 g/mol. The number of carbonyl (C=O) groups excluding carboxylic acids is 2. The Morgan fingerprint density at radius 1 is 1.09 bits per heavy atom. The molecule has 11 heteroatoms. The molecule has 1 aromatic heterocycles. The van der Waals surface area contributed by atoms with E-state index in [2.05, 4.69) is 10.3 Å². The van der Waals surface area contributed by atoms with Crippen molar-refractivity contribution in [2.75, 3.05) is 13.1 Å². The second kappa shape index (κ2) is 9.55. The summed E-state index contributed by atoms with van der Waals surface area (Å²) in [5.74, 6) is -3.43. The van der Waals surface area contributed by atoms with Gasteiger partial charge in [0.05, 0.1) is 11.1 Å². The van der Waals surface area contributed by atoms with Crippen LogP contribution in [-0.4, -0.2) is 57.6 Å². The number of carboxylic acid groups (broad SMARTS) is 1. The fourth-order valence-corrected chi connectivity index (χ4v) is 4.22. The Kier molecular flexibility index (Phi) is 6.99. The van der Waals surface area contributed by atoms with Crippen LogP contribution in [0.4, 0.5) is 17.6 Å². The van der Waals surface area contributed by atoms with Gasteiger partial charge >= 0.3 is 12.1 Å². The van der Waals surface area contributed by atoms with Crippen LogP contribution in [0.3, 0.4) is 0 Å². The molecule has 2 amide bonds. The molecule has 1 spiro atoms. The molecule has 0 aliphatic carbocycles. The number of carbonyl (C=O) groups is 3. The minimum Gasteiger partial charge on any atom is -0.475 e. The highest BCUT2D eigenvalue weighted by atomic mass is 19.4. The van der Waals surface area contributed by atoms with Crippen molar-refractivity contribution in [2.45, 2.75) is 36.9 Å². The first kappa shape index (κ1) is 24.1. The number of amides is 2. The Morgan fingerprint density at radius 2 is 1.67 bits per heavy atom. The third-order valence-corrected chi connectivity index (χ3v) is 5.84. The molecule has 2 fully saturated rings. The van der Waals surface area contributed by atoms with Crippen molar-refractivity contribution >= 4 is 17.8 Å². The van der Waals surface area contributed by atoms with E-state index in [4.69, 9.17) is 9.90 Å². The zero-order valence-electron chi connectivity index (χ0n) is 17.3. The highest BCUT2D eigenvalue weighted by Crippen LogP contribution is 2.43. The number of halogens is 4. The molecule has 176 valence electrons. The molecule has 2 aliphatic rings. The number of nitrogens with zero attached hydrogens (tertiary/aromatic N) is 2. The minimum absolute atomic E-state index is 0.0423. The van der Waals surface area contributed by atoms with Crippen LogP contribution in [0.15, 0.2) is 48.8 Å². The Balaban J connectivity index is 0.000000383. The molecule has 3 heterocycles. The van der Waals surface area contributed by atoms with E-state index >= 15 is 0 Å². The van der Waals surface area contributed by atoms with Crippen LogP contribution in [0.5, 0.6) is 0 Å². The summed E-state index contributed by atoms with van der Waals surface area (Å²) in [5, 5.41) is 10.3. The average Bonchev–Trinajstić information content (AvgIpc) is 3.10. The predicted molar refractivity (Wildman–Crippen MR) is 108 cm³/mol. The number of hydrogen-bond acceptors (Lipinski definition) is 4. The third kappa shape index (κ3) is 5.47. The van der Waals surface area contributed by atoms with Gasteiger partial charge in [-0.25, -0.2) is 9.18 Å².